The van der Waals surface area contributed by atoms with Crippen molar-refractivity contribution in [1.29, 1.82) is 0 Å². The zero-order chi connectivity index (χ0) is 13.1. The molecule has 0 aromatic rings. The summed E-state index contributed by atoms with van der Waals surface area (Å²) < 4.78 is 10.5. The van der Waals surface area contributed by atoms with E-state index in [1.807, 2.05) is 0 Å². The zero-order valence-corrected chi connectivity index (χ0v) is 11.1. The molecule has 2 unspecified atom stereocenters. The van der Waals surface area contributed by atoms with E-state index in [4.69, 9.17) is 5.11 Å². The standard InChI is InChI=1S/C10H19NO4S/c1-6(2)11-8(12)7(3)16(15)10(4,5)9(13)14/h6-7H,1-5H3,(H,11,12)(H,13,14). The largest absolute Gasteiger partial charge is 0.480 e. The second-order valence-corrected chi connectivity index (χ2v) is 6.74. The first-order valence-electron chi connectivity index (χ1n) is 5.05. The molecule has 0 rings (SSSR count). The molecule has 1 amide bonds. The normalized spacial score (nSPS) is 15.6. The van der Waals surface area contributed by atoms with E-state index in [2.05, 4.69) is 5.32 Å². The smallest absolute Gasteiger partial charge is 0.321 e. The van der Waals surface area contributed by atoms with Gasteiger partial charge in [-0.15, -0.1) is 0 Å². The van der Waals surface area contributed by atoms with Gasteiger partial charge in [0.05, 0.1) is 10.8 Å². The molecule has 16 heavy (non-hydrogen) atoms. The average Bonchev–Trinajstić information content (AvgIpc) is 2.13. The third-order valence-corrected chi connectivity index (χ3v) is 4.18. The van der Waals surface area contributed by atoms with Gasteiger partial charge >= 0.3 is 5.97 Å². The highest BCUT2D eigenvalue weighted by atomic mass is 32.2. The Balaban J connectivity index is 4.75. The molecule has 0 heterocycles. The number of hydrogen-bond donors (Lipinski definition) is 2. The number of hydrogen-bond acceptors (Lipinski definition) is 3. The third kappa shape index (κ3) is 3.59. The molecule has 0 saturated carbocycles. The van der Waals surface area contributed by atoms with Gasteiger partial charge in [-0.2, -0.15) is 0 Å². The summed E-state index contributed by atoms with van der Waals surface area (Å²) in [5.41, 5.74) is 0. The van der Waals surface area contributed by atoms with Gasteiger partial charge in [0.25, 0.3) is 0 Å². The fourth-order valence-corrected chi connectivity index (χ4v) is 2.35. The van der Waals surface area contributed by atoms with Crippen molar-refractivity contribution in [3.63, 3.8) is 0 Å². The molecule has 0 radical (unpaired) electrons. The van der Waals surface area contributed by atoms with Gasteiger partial charge in [0.2, 0.25) is 5.91 Å². The minimum Gasteiger partial charge on any atom is -0.480 e. The summed E-state index contributed by atoms with van der Waals surface area (Å²) in [5.74, 6) is -1.56. The van der Waals surface area contributed by atoms with E-state index in [1.165, 1.54) is 20.8 Å². The number of carboxylic acids is 1. The quantitative estimate of drug-likeness (QED) is 0.743. The van der Waals surface area contributed by atoms with E-state index < -0.39 is 26.8 Å². The Morgan fingerprint density at radius 3 is 2.00 bits per heavy atom. The second kappa shape index (κ2) is 5.43. The second-order valence-electron chi connectivity index (χ2n) is 4.42. The molecule has 94 valence electrons. The molecule has 5 nitrogen and oxygen atoms in total. The van der Waals surface area contributed by atoms with Crippen LogP contribution in [0.5, 0.6) is 0 Å². The molecule has 0 aliphatic rings. The maximum absolute atomic E-state index is 11.9. The lowest BCUT2D eigenvalue weighted by Gasteiger charge is -2.23. The van der Waals surface area contributed by atoms with Gasteiger partial charge in [-0.3, -0.25) is 13.8 Å². The Hall–Kier alpha value is -0.910. The summed E-state index contributed by atoms with van der Waals surface area (Å²) in [5, 5.41) is 10.7. The predicted octanol–water partition coefficient (Wildman–Crippen LogP) is 0.511. The van der Waals surface area contributed by atoms with Crippen LogP contribution in [0.15, 0.2) is 0 Å². The first-order valence-corrected chi connectivity index (χ1v) is 6.26. The van der Waals surface area contributed by atoms with Gasteiger partial charge in [0.15, 0.2) is 0 Å². The van der Waals surface area contributed by atoms with Crippen LogP contribution in [0.25, 0.3) is 0 Å². The Morgan fingerprint density at radius 1 is 1.25 bits per heavy atom. The average molecular weight is 249 g/mol. The summed E-state index contributed by atoms with van der Waals surface area (Å²) >= 11 is 0. The molecule has 6 heteroatoms. The lowest BCUT2D eigenvalue weighted by Crippen LogP contribution is -2.47. The SMILES string of the molecule is CC(C)NC(=O)C(C)S(=O)C(C)(C)C(=O)O. The molecule has 0 aliphatic heterocycles. The van der Waals surface area contributed by atoms with Crippen LogP contribution in [0.2, 0.25) is 0 Å². The van der Waals surface area contributed by atoms with Gasteiger partial charge in [-0.1, -0.05) is 0 Å². The minimum absolute atomic E-state index is 0.0557. The van der Waals surface area contributed by atoms with Gasteiger partial charge in [0, 0.05) is 6.04 Å². The number of nitrogens with one attached hydrogen (secondary N) is 1. The number of carbonyl (C=O) groups is 2. The lowest BCUT2D eigenvalue weighted by atomic mass is 10.2. The van der Waals surface area contributed by atoms with Crippen LogP contribution < -0.4 is 5.32 Å². The maximum atomic E-state index is 11.9. The van der Waals surface area contributed by atoms with Crippen molar-refractivity contribution in [3.8, 4) is 0 Å². The van der Waals surface area contributed by atoms with Crippen molar-refractivity contribution in [3.05, 3.63) is 0 Å². The number of rotatable bonds is 5. The Morgan fingerprint density at radius 2 is 1.69 bits per heavy atom. The third-order valence-electron chi connectivity index (χ3n) is 2.14. The van der Waals surface area contributed by atoms with E-state index in [9.17, 15) is 13.8 Å². The number of carbonyl (C=O) groups excluding carboxylic acids is 1. The van der Waals surface area contributed by atoms with Crippen LogP contribution >= 0.6 is 0 Å². The van der Waals surface area contributed by atoms with E-state index in [0.717, 1.165) is 0 Å². The van der Waals surface area contributed by atoms with Gasteiger partial charge in [-0.05, 0) is 34.6 Å². The van der Waals surface area contributed by atoms with Gasteiger partial charge in [0.1, 0.15) is 10.00 Å². The Kier molecular flexibility index (Phi) is 5.12. The van der Waals surface area contributed by atoms with Crippen molar-refractivity contribution in [1.82, 2.24) is 5.32 Å². The highest BCUT2D eigenvalue weighted by Crippen LogP contribution is 2.17. The zero-order valence-electron chi connectivity index (χ0n) is 10.2. The first kappa shape index (κ1) is 15.1. The summed E-state index contributed by atoms with van der Waals surface area (Å²) in [6.07, 6.45) is 0. The van der Waals surface area contributed by atoms with Crippen molar-refractivity contribution < 1.29 is 18.9 Å². The fraction of sp³-hybridized carbons (Fsp3) is 0.800. The summed E-state index contributed by atoms with van der Waals surface area (Å²) in [6.45, 7) is 7.75. The van der Waals surface area contributed by atoms with Crippen LogP contribution in [-0.4, -0.2) is 37.2 Å². The minimum atomic E-state index is -1.76. The first-order chi connectivity index (χ1) is 7.10. The fourth-order valence-electron chi connectivity index (χ4n) is 1.03. The van der Waals surface area contributed by atoms with Crippen LogP contribution in [0.3, 0.4) is 0 Å². The number of carboxylic acid groups (broad SMARTS) is 1. The molecular formula is C10H19NO4S. The van der Waals surface area contributed by atoms with E-state index in [0.29, 0.717) is 0 Å². The topological polar surface area (TPSA) is 83.5 Å². The van der Waals surface area contributed by atoms with Gasteiger partial charge in [-0.25, -0.2) is 0 Å². The van der Waals surface area contributed by atoms with Crippen molar-refractivity contribution in [2.75, 3.05) is 0 Å². The van der Waals surface area contributed by atoms with Gasteiger partial charge < -0.3 is 10.4 Å². The molecule has 0 aromatic carbocycles. The summed E-state index contributed by atoms with van der Waals surface area (Å²) in [7, 11) is -1.76. The van der Waals surface area contributed by atoms with Crippen LogP contribution in [-0.2, 0) is 20.4 Å². The molecule has 2 N–H and O–H groups in total. The molecule has 0 aromatic heterocycles. The van der Waals surface area contributed by atoms with Crippen LogP contribution in [0, 0.1) is 0 Å². The van der Waals surface area contributed by atoms with Crippen LogP contribution in [0.4, 0.5) is 0 Å². The molecule has 0 fully saturated rings. The maximum Gasteiger partial charge on any atom is 0.321 e. The highest BCUT2D eigenvalue weighted by Gasteiger charge is 2.39. The highest BCUT2D eigenvalue weighted by molar-refractivity contribution is 7.88. The molecular weight excluding hydrogens is 230 g/mol. The van der Waals surface area contributed by atoms with Crippen LogP contribution in [0.1, 0.15) is 34.6 Å². The summed E-state index contributed by atoms with van der Waals surface area (Å²) in [4.78, 5) is 22.5. The summed E-state index contributed by atoms with van der Waals surface area (Å²) in [6, 6.07) is -0.0557. The van der Waals surface area contributed by atoms with E-state index >= 15 is 0 Å². The lowest BCUT2D eigenvalue weighted by molar-refractivity contribution is -0.139. The monoisotopic (exact) mass is 249 g/mol. The van der Waals surface area contributed by atoms with Crippen molar-refractivity contribution >= 4 is 22.7 Å². The number of aliphatic carboxylic acids is 1. The molecule has 0 bridgehead atoms. The predicted molar refractivity (Wildman–Crippen MR) is 62.6 cm³/mol. The van der Waals surface area contributed by atoms with Crippen molar-refractivity contribution in [2.24, 2.45) is 0 Å². The Labute approximate surface area is 98.1 Å². The van der Waals surface area contributed by atoms with Crippen molar-refractivity contribution in [2.45, 2.75) is 50.7 Å². The van der Waals surface area contributed by atoms with E-state index in [-0.39, 0.29) is 11.9 Å². The molecule has 0 aliphatic carbocycles. The molecule has 0 saturated heterocycles. The van der Waals surface area contributed by atoms with E-state index in [1.54, 1.807) is 13.8 Å². The Bertz CT molecular complexity index is 312. The molecule has 0 spiro atoms. The number of amides is 1. The molecule has 2 atom stereocenters.